The van der Waals surface area contributed by atoms with E-state index in [1.165, 1.54) is 16.4 Å². The van der Waals surface area contributed by atoms with Crippen molar-refractivity contribution in [2.75, 3.05) is 11.9 Å². The third kappa shape index (κ3) is 3.94. The number of rotatable bonds is 4. The fourth-order valence-electron chi connectivity index (χ4n) is 3.56. The Morgan fingerprint density at radius 1 is 1.00 bits per heavy atom. The van der Waals surface area contributed by atoms with Gasteiger partial charge >= 0.3 is 0 Å². The van der Waals surface area contributed by atoms with Crippen LogP contribution in [0.4, 0.5) is 5.69 Å². The van der Waals surface area contributed by atoms with Crippen molar-refractivity contribution in [3.8, 4) is 5.75 Å². The van der Waals surface area contributed by atoms with Crippen LogP contribution in [0, 0.1) is 6.92 Å². The van der Waals surface area contributed by atoms with Gasteiger partial charge in [-0.05, 0) is 60.4 Å². The van der Waals surface area contributed by atoms with E-state index in [0.29, 0.717) is 19.5 Å². The van der Waals surface area contributed by atoms with E-state index in [2.05, 4.69) is 5.32 Å². The van der Waals surface area contributed by atoms with Gasteiger partial charge in [0.05, 0.1) is 10.6 Å². The van der Waals surface area contributed by atoms with Crippen molar-refractivity contribution in [2.24, 2.45) is 0 Å². The van der Waals surface area contributed by atoms with Crippen LogP contribution in [-0.4, -0.2) is 30.3 Å². The van der Waals surface area contributed by atoms with Crippen LogP contribution in [0.5, 0.6) is 5.75 Å². The lowest BCUT2D eigenvalue weighted by Gasteiger charge is -2.28. The summed E-state index contributed by atoms with van der Waals surface area (Å²) in [7, 11) is -3.74. The third-order valence-electron chi connectivity index (χ3n) is 5.23. The molecule has 30 heavy (non-hydrogen) atoms. The molecule has 0 aromatic heterocycles. The van der Waals surface area contributed by atoms with Gasteiger partial charge in [-0.15, -0.1) is 0 Å². The molecule has 0 saturated heterocycles. The minimum Gasteiger partial charge on any atom is -0.506 e. The van der Waals surface area contributed by atoms with E-state index in [0.717, 1.165) is 16.7 Å². The zero-order valence-electron chi connectivity index (χ0n) is 16.5. The topological polar surface area (TPSA) is 86.7 Å². The third-order valence-corrected chi connectivity index (χ3v) is 7.07. The SMILES string of the molecule is Cc1ccc(NC(=O)c2cccc(S(=O)(=O)N3CCc4ccccc4C3)c2)c(O)c1. The molecule has 6 nitrogen and oxygen atoms in total. The number of aromatic hydroxyl groups is 1. The number of sulfonamides is 1. The van der Waals surface area contributed by atoms with Crippen LogP contribution in [-0.2, 0) is 23.0 Å². The van der Waals surface area contributed by atoms with Crippen molar-refractivity contribution in [3.05, 3.63) is 89.0 Å². The molecule has 1 heterocycles. The molecule has 1 aliphatic heterocycles. The Morgan fingerprint density at radius 2 is 1.77 bits per heavy atom. The van der Waals surface area contributed by atoms with E-state index < -0.39 is 15.9 Å². The molecule has 0 spiro atoms. The lowest BCUT2D eigenvalue weighted by Crippen LogP contribution is -2.36. The van der Waals surface area contributed by atoms with Gasteiger partial charge in [-0.1, -0.05) is 36.4 Å². The Hall–Kier alpha value is -3.16. The van der Waals surface area contributed by atoms with E-state index in [4.69, 9.17) is 0 Å². The Bertz CT molecular complexity index is 1220. The van der Waals surface area contributed by atoms with Crippen molar-refractivity contribution in [3.63, 3.8) is 0 Å². The van der Waals surface area contributed by atoms with Crippen LogP contribution in [0.1, 0.15) is 27.0 Å². The van der Waals surface area contributed by atoms with Gasteiger partial charge in [-0.3, -0.25) is 4.79 Å². The standard InChI is InChI=1S/C23H22N2O4S/c1-16-9-10-21(22(26)13-16)24-23(27)18-7-4-8-20(14-18)30(28,29)25-12-11-17-5-2-3-6-19(17)15-25/h2-10,13-14,26H,11-12,15H2,1H3,(H,24,27). The largest absolute Gasteiger partial charge is 0.506 e. The van der Waals surface area contributed by atoms with E-state index in [-0.39, 0.29) is 21.9 Å². The zero-order chi connectivity index (χ0) is 21.3. The molecule has 0 radical (unpaired) electrons. The van der Waals surface area contributed by atoms with Gasteiger partial charge in [-0.25, -0.2) is 8.42 Å². The van der Waals surface area contributed by atoms with E-state index in [1.807, 2.05) is 31.2 Å². The molecule has 0 aliphatic carbocycles. The molecule has 3 aromatic carbocycles. The number of nitrogens with one attached hydrogen (secondary N) is 1. The number of fused-ring (bicyclic) bond motifs is 1. The summed E-state index contributed by atoms with van der Waals surface area (Å²) in [5.41, 5.74) is 3.49. The highest BCUT2D eigenvalue weighted by atomic mass is 32.2. The van der Waals surface area contributed by atoms with Crippen LogP contribution in [0.3, 0.4) is 0 Å². The maximum absolute atomic E-state index is 13.2. The monoisotopic (exact) mass is 422 g/mol. The Kier molecular flexibility index (Phi) is 5.32. The lowest BCUT2D eigenvalue weighted by atomic mass is 10.0. The number of hydrogen-bond donors (Lipinski definition) is 2. The van der Waals surface area contributed by atoms with Gasteiger partial charge in [0.1, 0.15) is 5.75 Å². The van der Waals surface area contributed by atoms with Crippen LogP contribution in [0.25, 0.3) is 0 Å². The Labute approximate surface area is 175 Å². The number of phenols is 1. The normalized spacial score (nSPS) is 14.2. The van der Waals surface area contributed by atoms with Crippen molar-refractivity contribution < 1.29 is 18.3 Å². The highest BCUT2D eigenvalue weighted by molar-refractivity contribution is 7.89. The lowest BCUT2D eigenvalue weighted by molar-refractivity contribution is 0.102. The molecule has 2 N–H and O–H groups in total. The van der Waals surface area contributed by atoms with Crippen molar-refractivity contribution in [1.82, 2.24) is 4.31 Å². The fraction of sp³-hybridized carbons (Fsp3) is 0.174. The minimum atomic E-state index is -3.74. The molecule has 1 amide bonds. The molecule has 0 saturated carbocycles. The number of carbonyl (C=O) groups excluding carboxylic acids is 1. The quantitative estimate of drug-likeness (QED) is 0.628. The number of aryl methyl sites for hydroxylation is 1. The number of phenolic OH excluding ortho intramolecular Hbond substituents is 1. The molecule has 154 valence electrons. The highest BCUT2D eigenvalue weighted by Crippen LogP contribution is 2.27. The number of amides is 1. The predicted octanol–water partition coefficient (Wildman–Crippen LogP) is 3.70. The molecule has 0 fully saturated rings. The maximum Gasteiger partial charge on any atom is 0.255 e. The number of benzene rings is 3. The summed E-state index contributed by atoms with van der Waals surface area (Å²) >= 11 is 0. The van der Waals surface area contributed by atoms with Gasteiger partial charge in [-0.2, -0.15) is 4.31 Å². The van der Waals surface area contributed by atoms with Crippen molar-refractivity contribution >= 4 is 21.6 Å². The summed E-state index contributed by atoms with van der Waals surface area (Å²) in [6.07, 6.45) is 0.655. The zero-order valence-corrected chi connectivity index (χ0v) is 17.3. The van der Waals surface area contributed by atoms with Gasteiger partial charge in [0.2, 0.25) is 10.0 Å². The first-order valence-corrected chi connectivity index (χ1v) is 11.1. The number of anilines is 1. The van der Waals surface area contributed by atoms with Crippen molar-refractivity contribution in [1.29, 1.82) is 0 Å². The Morgan fingerprint density at radius 3 is 2.53 bits per heavy atom. The first-order chi connectivity index (χ1) is 14.3. The molecular formula is C23H22N2O4S. The summed E-state index contributed by atoms with van der Waals surface area (Å²) in [6.45, 7) is 2.54. The summed E-state index contributed by atoms with van der Waals surface area (Å²) in [4.78, 5) is 12.7. The summed E-state index contributed by atoms with van der Waals surface area (Å²) in [6, 6.07) is 18.7. The van der Waals surface area contributed by atoms with E-state index in [9.17, 15) is 18.3 Å². The Balaban J connectivity index is 1.57. The van der Waals surface area contributed by atoms with Crippen LogP contribution in [0.2, 0.25) is 0 Å². The highest BCUT2D eigenvalue weighted by Gasteiger charge is 2.28. The molecular weight excluding hydrogens is 400 g/mol. The average Bonchev–Trinajstić information content (AvgIpc) is 2.75. The molecule has 0 atom stereocenters. The molecule has 7 heteroatoms. The summed E-state index contributed by atoms with van der Waals surface area (Å²) in [5.74, 6) is -0.533. The van der Waals surface area contributed by atoms with Gasteiger partial charge < -0.3 is 10.4 Å². The number of hydrogen-bond acceptors (Lipinski definition) is 4. The van der Waals surface area contributed by atoms with E-state index in [1.54, 1.807) is 30.3 Å². The van der Waals surface area contributed by atoms with Crippen LogP contribution < -0.4 is 5.32 Å². The second-order valence-electron chi connectivity index (χ2n) is 7.36. The van der Waals surface area contributed by atoms with Gasteiger partial charge in [0.25, 0.3) is 5.91 Å². The fourth-order valence-corrected chi connectivity index (χ4v) is 5.03. The van der Waals surface area contributed by atoms with Crippen LogP contribution >= 0.6 is 0 Å². The van der Waals surface area contributed by atoms with Gasteiger partial charge in [0.15, 0.2) is 0 Å². The predicted molar refractivity (Wildman–Crippen MR) is 115 cm³/mol. The number of nitrogens with zero attached hydrogens (tertiary/aromatic N) is 1. The number of carbonyl (C=O) groups is 1. The van der Waals surface area contributed by atoms with Crippen LogP contribution in [0.15, 0.2) is 71.6 Å². The second-order valence-corrected chi connectivity index (χ2v) is 9.30. The van der Waals surface area contributed by atoms with Crippen molar-refractivity contribution in [2.45, 2.75) is 24.8 Å². The molecule has 4 rings (SSSR count). The smallest absolute Gasteiger partial charge is 0.255 e. The first-order valence-electron chi connectivity index (χ1n) is 9.62. The molecule has 0 unspecified atom stereocenters. The first kappa shape index (κ1) is 20.1. The maximum atomic E-state index is 13.2. The molecule has 1 aliphatic rings. The summed E-state index contributed by atoms with van der Waals surface area (Å²) in [5, 5.41) is 12.6. The van der Waals surface area contributed by atoms with Gasteiger partial charge in [0, 0.05) is 18.7 Å². The minimum absolute atomic E-state index is 0.0425. The average molecular weight is 423 g/mol. The van der Waals surface area contributed by atoms with E-state index >= 15 is 0 Å². The second kappa shape index (κ2) is 7.93. The molecule has 3 aromatic rings. The molecule has 0 bridgehead atoms. The summed E-state index contributed by atoms with van der Waals surface area (Å²) < 4.78 is 27.8.